The van der Waals surface area contributed by atoms with Crippen molar-refractivity contribution in [1.29, 1.82) is 0 Å². The lowest BCUT2D eigenvalue weighted by Gasteiger charge is -2.39. The van der Waals surface area contributed by atoms with Crippen LogP contribution in [0.2, 0.25) is 5.15 Å². The summed E-state index contributed by atoms with van der Waals surface area (Å²) in [5, 5.41) is 0.428. The lowest BCUT2D eigenvalue weighted by molar-refractivity contribution is -0.120. The molecule has 1 aliphatic rings. The van der Waals surface area contributed by atoms with Crippen LogP contribution in [-0.2, 0) is 4.79 Å². The molecule has 0 bridgehead atoms. The maximum Gasteiger partial charge on any atom is 0.240 e. The van der Waals surface area contributed by atoms with Crippen molar-refractivity contribution in [3.8, 4) is 0 Å². The van der Waals surface area contributed by atoms with Crippen molar-refractivity contribution >= 4 is 23.3 Å². The van der Waals surface area contributed by atoms with Crippen LogP contribution in [0, 0.1) is 0 Å². The first-order valence-corrected chi connectivity index (χ1v) is 4.75. The van der Waals surface area contributed by atoms with Crippen molar-refractivity contribution < 1.29 is 4.79 Å². The fraction of sp³-hybridized carbons (Fsp3) is 0.333. The number of halogens is 1. The van der Waals surface area contributed by atoms with Crippen molar-refractivity contribution in [2.75, 3.05) is 11.4 Å². The van der Waals surface area contributed by atoms with Crippen molar-refractivity contribution in [2.24, 2.45) is 5.73 Å². The number of rotatable bonds is 2. The average molecular weight is 212 g/mol. The zero-order valence-corrected chi connectivity index (χ0v) is 8.24. The van der Waals surface area contributed by atoms with E-state index in [1.54, 1.807) is 12.1 Å². The third kappa shape index (κ3) is 1.53. The van der Waals surface area contributed by atoms with Crippen molar-refractivity contribution in [3.63, 3.8) is 0 Å². The summed E-state index contributed by atoms with van der Waals surface area (Å²) in [4.78, 5) is 16.9. The number of carbonyl (C=O) groups is 1. The Morgan fingerprint density at radius 1 is 1.64 bits per heavy atom. The molecule has 2 N–H and O–H groups in total. The van der Waals surface area contributed by atoms with Crippen LogP contribution in [0.25, 0.3) is 0 Å². The van der Waals surface area contributed by atoms with E-state index in [9.17, 15) is 4.79 Å². The largest absolute Gasteiger partial charge is 0.368 e. The number of anilines is 1. The minimum atomic E-state index is -0.307. The fourth-order valence-electron chi connectivity index (χ4n) is 1.51. The third-order valence-electron chi connectivity index (χ3n) is 2.34. The predicted octanol–water partition coefficient (Wildman–Crippen LogP) is 0.799. The van der Waals surface area contributed by atoms with Gasteiger partial charge < -0.3 is 10.6 Å². The molecule has 0 radical (unpaired) electrons. The van der Waals surface area contributed by atoms with Gasteiger partial charge in [0.1, 0.15) is 17.0 Å². The predicted molar refractivity (Wildman–Crippen MR) is 54.2 cm³/mol. The first-order valence-electron chi connectivity index (χ1n) is 4.37. The van der Waals surface area contributed by atoms with Crippen LogP contribution in [0.3, 0.4) is 0 Å². The number of amides is 1. The molecular weight excluding hydrogens is 202 g/mol. The van der Waals surface area contributed by atoms with Gasteiger partial charge in [0.15, 0.2) is 0 Å². The first kappa shape index (κ1) is 9.27. The zero-order chi connectivity index (χ0) is 10.1. The zero-order valence-electron chi connectivity index (χ0n) is 7.48. The van der Waals surface area contributed by atoms with Crippen LogP contribution in [0.1, 0.15) is 6.42 Å². The maximum absolute atomic E-state index is 11.0. The standard InChI is InChI=1S/C9H10ClN3O/c10-7-2-1-3-8(12-7)13-5-4-6(13)9(11)14/h1-3,6H,4-5H2,(H2,11,14). The molecule has 1 saturated heterocycles. The Balaban J connectivity index is 2.20. The van der Waals surface area contributed by atoms with Crippen molar-refractivity contribution in [2.45, 2.75) is 12.5 Å². The SMILES string of the molecule is NC(=O)C1CCN1c1cccc(Cl)n1. The maximum atomic E-state index is 11.0. The van der Waals surface area contributed by atoms with Gasteiger partial charge in [-0.3, -0.25) is 4.79 Å². The number of hydrogen-bond acceptors (Lipinski definition) is 3. The summed E-state index contributed by atoms with van der Waals surface area (Å²) < 4.78 is 0. The molecule has 1 atom stereocenters. The first-order chi connectivity index (χ1) is 6.68. The van der Waals surface area contributed by atoms with Gasteiger partial charge in [0, 0.05) is 6.54 Å². The molecule has 1 aromatic rings. The van der Waals surface area contributed by atoms with E-state index in [0.29, 0.717) is 11.0 Å². The van der Waals surface area contributed by atoms with E-state index in [4.69, 9.17) is 17.3 Å². The van der Waals surface area contributed by atoms with Gasteiger partial charge in [-0.1, -0.05) is 17.7 Å². The molecule has 1 unspecified atom stereocenters. The van der Waals surface area contributed by atoms with Gasteiger partial charge in [0.05, 0.1) is 0 Å². The second kappa shape index (κ2) is 3.46. The van der Waals surface area contributed by atoms with Crippen LogP contribution in [0.15, 0.2) is 18.2 Å². The van der Waals surface area contributed by atoms with Gasteiger partial charge in [-0.25, -0.2) is 4.98 Å². The molecule has 1 amide bonds. The highest BCUT2D eigenvalue weighted by Crippen LogP contribution is 2.25. The van der Waals surface area contributed by atoms with Crippen molar-refractivity contribution in [1.82, 2.24) is 4.98 Å². The van der Waals surface area contributed by atoms with E-state index in [-0.39, 0.29) is 11.9 Å². The van der Waals surface area contributed by atoms with Gasteiger partial charge in [-0.05, 0) is 18.6 Å². The lowest BCUT2D eigenvalue weighted by atomic mass is 10.0. The van der Waals surface area contributed by atoms with Gasteiger partial charge in [-0.15, -0.1) is 0 Å². The number of primary amides is 1. The number of aromatic nitrogens is 1. The summed E-state index contributed by atoms with van der Waals surface area (Å²) >= 11 is 5.74. The Kier molecular flexibility index (Phi) is 2.29. The molecule has 0 aromatic carbocycles. The number of pyridine rings is 1. The monoisotopic (exact) mass is 211 g/mol. The minimum absolute atomic E-state index is 0.221. The van der Waals surface area contributed by atoms with Crippen LogP contribution in [-0.4, -0.2) is 23.5 Å². The number of nitrogens with two attached hydrogens (primary N) is 1. The number of hydrogen-bond donors (Lipinski definition) is 1. The van der Waals surface area contributed by atoms with E-state index < -0.39 is 0 Å². The highest BCUT2D eigenvalue weighted by atomic mass is 35.5. The van der Waals surface area contributed by atoms with Gasteiger partial charge >= 0.3 is 0 Å². The number of nitrogens with zero attached hydrogens (tertiary/aromatic N) is 2. The molecular formula is C9H10ClN3O. The lowest BCUT2D eigenvalue weighted by Crippen LogP contribution is -2.55. The van der Waals surface area contributed by atoms with E-state index in [1.165, 1.54) is 0 Å². The van der Waals surface area contributed by atoms with E-state index in [1.807, 2.05) is 11.0 Å². The molecule has 4 nitrogen and oxygen atoms in total. The molecule has 2 rings (SSSR count). The summed E-state index contributed by atoms with van der Waals surface area (Å²) in [6, 6.07) is 5.10. The molecule has 5 heteroatoms. The molecule has 0 spiro atoms. The second-order valence-electron chi connectivity index (χ2n) is 3.22. The van der Waals surface area contributed by atoms with Crippen molar-refractivity contribution in [3.05, 3.63) is 23.4 Å². The molecule has 1 fully saturated rings. The molecule has 14 heavy (non-hydrogen) atoms. The van der Waals surface area contributed by atoms with Crippen LogP contribution < -0.4 is 10.6 Å². The van der Waals surface area contributed by atoms with E-state index in [2.05, 4.69) is 4.98 Å². The molecule has 2 heterocycles. The highest BCUT2D eigenvalue weighted by molar-refractivity contribution is 6.29. The van der Waals surface area contributed by atoms with Crippen LogP contribution in [0.5, 0.6) is 0 Å². The number of carbonyl (C=O) groups excluding carboxylic acids is 1. The summed E-state index contributed by atoms with van der Waals surface area (Å²) in [6.07, 6.45) is 0.795. The molecule has 1 aromatic heterocycles. The van der Waals surface area contributed by atoms with Crippen LogP contribution in [0.4, 0.5) is 5.82 Å². The molecule has 0 saturated carbocycles. The molecule has 0 aliphatic carbocycles. The Morgan fingerprint density at radius 2 is 2.43 bits per heavy atom. The molecule has 1 aliphatic heterocycles. The summed E-state index contributed by atoms with van der Waals surface area (Å²) in [5.41, 5.74) is 5.22. The van der Waals surface area contributed by atoms with Gasteiger partial charge in [-0.2, -0.15) is 0 Å². The summed E-state index contributed by atoms with van der Waals surface area (Å²) in [5.74, 6) is 0.408. The van der Waals surface area contributed by atoms with Gasteiger partial charge in [0.25, 0.3) is 0 Å². The Morgan fingerprint density at radius 3 is 2.93 bits per heavy atom. The quantitative estimate of drug-likeness (QED) is 0.737. The van der Waals surface area contributed by atoms with E-state index >= 15 is 0 Å². The molecule has 74 valence electrons. The van der Waals surface area contributed by atoms with E-state index in [0.717, 1.165) is 13.0 Å². The normalized spacial score (nSPS) is 20.4. The fourth-order valence-corrected chi connectivity index (χ4v) is 1.67. The smallest absolute Gasteiger partial charge is 0.240 e. The Labute approximate surface area is 86.7 Å². The summed E-state index contributed by atoms with van der Waals surface area (Å²) in [6.45, 7) is 0.806. The second-order valence-corrected chi connectivity index (χ2v) is 3.61. The topological polar surface area (TPSA) is 59.2 Å². The van der Waals surface area contributed by atoms with Gasteiger partial charge in [0.2, 0.25) is 5.91 Å². The van der Waals surface area contributed by atoms with Crippen LogP contribution >= 0.6 is 11.6 Å². The summed E-state index contributed by atoms with van der Waals surface area (Å²) in [7, 11) is 0. The Bertz CT molecular complexity index is 369. The highest BCUT2D eigenvalue weighted by Gasteiger charge is 2.33. The third-order valence-corrected chi connectivity index (χ3v) is 2.55. The average Bonchev–Trinajstić information content (AvgIpc) is 2.00. The minimum Gasteiger partial charge on any atom is -0.368 e. The Hall–Kier alpha value is -1.29.